The molecule has 1 saturated heterocycles. The van der Waals surface area contributed by atoms with Gasteiger partial charge in [-0.15, -0.1) is 0 Å². The van der Waals surface area contributed by atoms with Crippen molar-refractivity contribution in [1.82, 2.24) is 19.8 Å². The van der Waals surface area contributed by atoms with Crippen LogP contribution in [-0.4, -0.2) is 46.0 Å². The maximum atomic E-state index is 14.1. The third-order valence-electron chi connectivity index (χ3n) is 7.32. The van der Waals surface area contributed by atoms with E-state index in [2.05, 4.69) is 10.3 Å². The molecule has 1 aromatic heterocycles. The van der Waals surface area contributed by atoms with Gasteiger partial charge in [0.05, 0.1) is 35.0 Å². The second kappa shape index (κ2) is 10.3. The summed E-state index contributed by atoms with van der Waals surface area (Å²) in [6, 6.07) is 7.37. The summed E-state index contributed by atoms with van der Waals surface area (Å²) in [4.78, 5) is 18.9. The molecule has 5 nitrogen and oxygen atoms in total. The Morgan fingerprint density at radius 3 is 2.65 bits per heavy atom. The number of nitrogens with one attached hydrogen (secondary N) is 1. The van der Waals surface area contributed by atoms with Crippen molar-refractivity contribution in [2.75, 3.05) is 19.6 Å². The van der Waals surface area contributed by atoms with E-state index in [4.69, 9.17) is 23.2 Å². The third kappa shape index (κ3) is 5.24. The van der Waals surface area contributed by atoms with E-state index in [-0.39, 0.29) is 35.6 Å². The van der Waals surface area contributed by atoms with Gasteiger partial charge in [0.1, 0.15) is 0 Å². The lowest BCUT2D eigenvalue weighted by atomic mass is 9.93. The Kier molecular flexibility index (Phi) is 7.27. The lowest BCUT2D eigenvalue weighted by Crippen LogP contribution is -2.49. The molecule has 0 saturated carbocycles. The molecule has 2 aromatic carbocycles. The highest BCUT2D eigenvalue weighted by molar-refractivity contribution is 6.35. The molecule has 5 rings (SSSR count). The molecular weight excluding hydrogens is 524 g/mol. The Morgan fingerprint density at radius 2 is 2.00 bits per heavy atom. The van der Waals surface area contributed by atoms with Gasteiger partial charge >= 0.3 is 6.18 Å². The van der Waals surface area contributed by atoms with Crippen LogP contribution in [0.3, 0.4) is 0 Å². The van der Waals surface area contributed by atoms with E-state index >= 15 is 0 Å². The molecule has 2 atom stereocenters. The number of hydrogen-bond acceptors (Lipinski definition) is 3. The number of imidazole rings is 1. The summed E-state index contributed by atoms with van der Waals surface area (Å²) < 4.78 is 44.2. The molecule has 2 aliphatic rings. The van der Waals surface area contributed by atoms with Gasteiger partial charge in [0.2, 0.25) is 5.91 Å². The Morgan fingerprint density at radius 1 is 1.19 bits per heavy atom. The van der Waals surface area contributed by atoms with Gasteiger partial charge in [0.25, 0.3) is 0 Å². The average molecular weight is 551 g/mol. The molecule has 1 fully saturated rings. The standard InChI is InChI=1S/C27H27Cl2F3N4O/c1-16(19-6-5-18(28)12-22(19)29)36-15-34-24-14-21(27(30,31)32)20(13-25(24)36)17-7-10-35(11-8-17)26(37)23-4-2-3-9-33-23/h5-7,12-16,23,33H,2-4,8-11H2,1H3. The van der Waals surface area contributed by atoms with Crippen LogP contribution in [0.5, 0.6) is 0 Å². The van der Waals surface area contributed by atoms with E-state index < -0.39 is 11.7 Å². The number of piperidine rings is 1. The first kappa shape index (κ1) is 26.1. The van der Waals surface area contributed by atoms with Crippen LogP contribution in [0, 0.1) is 0 Å². The van der Waals surface area contributed by atoms with Crippen molar-refractivity contribution in [2.45, 2.75) is 50.9 Å². The third-order valence-corrected chi connectivity index (χ3v) is 7.89. The van der Waals surface area contributed by atoms with Crippen molar-refractivity contribution < 1.29 is 18.0 Å². The van der Waals surface area contributed by atoms with Gasteiger partial charge in [-0.3, -0.25) is 4.79 Å². The summed E-state index contributed by atoms with van der Waals surface area (Å²) in [5.41, 5.74) is 1.60. The van der Waals surface area contributed by atoms with Crippen LogP contribution in [0.1, 0.15) is 55.3 Å². The molecule has 1 amide bonds. The zero-order chi connectivity index (χ0) is 26.3. The molecule has 37 heavy (non-hydrogen) atoms. The highest BCUT2D eigenvalue weighted by Gasteiger charge is 2.36. The van der Waals surface area contributed by atoms with Crippen molar-refractivity contribution in [3.63, 3.8) is 0 Å². The van der Waals surface area contributed by atoms with Crippen LogP contribution in [0.4, 0.5) is 13.2 Å². The molecule has 2 aliphatic heterocycles. The zero-order valence-electron chi connectivity index (χ0n) is 20.3. The van der Waals surface area contributed by atoms with E-state index in [0.717, 1.165) is 37.4 Å². The molecule has 3 heterocycles. The number of rotatable bonds is 4. The second-order valence-electron chi connectivity index (χ2n) is 9.64. The van der Waals surface area contributed by atoms with E-state index in [1.54, 1.807) is 29.2 Å². The van der Waals surface area contributed by atoms with Crippen LogP contribution >= 0.6 is 23.2 Å². The van der Waals surface area contributed by atoms with Gasteiger partial charge in [0.15, 0.2) is 0 Å². The lowest BCUT2D eigenvalue weighted by Gasteiger charge is -2.32. The minimum absolute atomic E-state index is 0.0215. The first-order valence-corrected chi connectivity index (χ1v) is 13.1. The topological polar surface area (TPSA) is 50.2 Å². The van der Waals surface area contributed by atoms with E-state index in [9.17, 15) is 18.0 Å². The second-order valence-corrected chi connectivity index (χ2v) is 10.5. The van der Waals surface area contributed by atoms with E-state index in [0.29, 0.717) is 34.1 Å². The molecular formula is C27H27Cl2F3N4O. The molecule has 0 bridgehead atoms. The average Bonchev–Trinajstić information content (AvgIpc) is 3.30. The first-order valence-electron chi connectivity index (χ1n) is 12.4. The number of carbonyl (C=O) groups excluding carboxylic acids is 1. The van der Waals surface area contributed by atoms with Crippen LogP contribution in [0.25, 0.3) is 16.6 Å². The monoisotopic (exact) mass is 550 g/mol. The summed E-state index contributed by atoms with van der Waals surface area (Å²) >= 11 is 12.5. The lowest BCUT2D eigenvalue weighted by molar-refractivity contribution is -0.138. The Hall–Kier alpha value is -2.55. The van der Waals surface area contributed by atoms with Crippen LogP contribution in [0.2, 0.25) is 10.0 Å². The highest BCUT2D eigenvalue weighted by atomic mass is 35.5. The summed E-state index contributed by atoms with van der Waals surface area (Å²) in [5.74, 6) is 0.0215. The molecule has 10 heteroatoms. The number of aromatic nitrogens is 2. The number of amides is 1. The van der Waals surface area contributed by atoms with Crippen molar-refractivity contribution in [3.8, 4) is 0 Å². The largest absolute Gasteiger partial charge is 0.417 e. The minimum Gasteiger partial charge on any atom is -0.337 e. The summed E-state index contributed by atoms with van der Waals surface area (Å²) in [7, 11) is 0. The number of fused-ring (bicyclic) bond motifs is 1. The normalized spacial score (nSPS) is 19.7. The van der Waals surface area contributed by atoms with E-state index in [1.165, 1.54) is 6.33 Å². The Labute approximate surface area is 223 Å². The first-order chi connectivity index (χ1) is 17.6. The van der Waals surface area contributed by atoms with Gasteiger partial charge in [0, 0.05) is 23.1 Å². The summed E-state index contributed by atoms with van der Waals surface area (Å²) in [6.07, 6.45) is 1.94. The Bertz CT molecular complexity index is 1360. The molecule has 196 valence electrons. The van der Waals surface area contributed by atoms with Crippen LogP contribution < -0.4 is 5.32 Å². The fraction of sp³-hybridized carbons (Fsp3) is 0.407. The molecule has 0 spiro atoms. The van der Waals surface area contributed by atoms with Crippen molar-refractivity contribution in [3.05, 3.63) is 69.5 Å². The summed E-state index contributed by atoms with van der Waals surface area (Å²) in [5, 5.41) is 4.23. The van der Waals surface area contributed by atoms with Gasteiger partial charge in [-0.25, -0.2) is 4.98 Å². The predicted molar refractivity (Wildman–Crippen MR) is 140 cm³/mol. The maximum absolute atomic E-state index is 14.1. The molecule has 1 N–H and O–H groups in total. The number of halogens is 5. The van der Waals surface area contributed by atoms with Gasteiger partial charge < -0.3 is 14.8 Å². The van der Waals surface area contributed by atoms with Crippen molar-refractivity contribution in [2.24, 2.45) is 0 Å². The van der Waals surface area contributed by atoms with Crippen molar-refractivity contribution >= 4 is 45.7 Å². The molecule has 0 radical (unpaired) electrons. The Balaban J connectivity index is 1.50. The molecule has 3 aromatic rings. The highest BCUT2D eigenvalue weighted by Crippen LogP contribution is 2.40. The summed E-state index contributed by atoms with van der Waals surface area (Å²) in [6.45, 7) is 3.40. The van der Waals surface area contributed by atoms with Crippen LogP contribution in [0.15, 0.2) is 42.7 Å². The predicted octanol–water partition coefficient (Wildman–Crippen LogP) is 6.73. The van der Waals surface area contributed by atoms with Gasteiger partial charge in [-0.2, -0.15) is 13.2 Å². The van der Waals surface area contributed by atoms with Gasteiger partial charge in [-0.1, -0.05) is 41.8 Å². The zero-order valence-corrected chi connectivity index (χ0v) is 21.8. The minimum atomic E-state index is -4.54. The van der Waals surface area contributed by atoms with Crippen molar-refractivity contribution in [1.29, 1.82) is 0 Å². The smallest absolute Gasteiger partial charge is 0.337 e. The van der Waals surface area contributed by atoms with Gasteiger partial charge in [-0.05, 0) is 73.7 Å². The molecule has 0 aliphatic carbocycles. The fourth-order valence-electron chi connectivity index (χ4n) is 5.27. The SMILES string of the molecule is CC(c1ccc(Cl)cc1Cl)n1cnc2cc(C(F)(F)F)c(C3=CCN(C(=O)C4CCCCN4)CC3)cc21. The molecule has 2 unspecified atom stereocenters. The number of benzene rings is 2. The maximum Gasteiger partial charge on any atom is 0.417 e. The number of nitrogens with zero attached hydrogens (tertiary/aromatic N) is 3. The fourth-order valence-corrected chi connectivity index (χ4v) is 5.84. The number of hydrogen-bond donors (Lipinski definition) is 1. The quantitative estimate of drug-likeness (QED) is 0.391. The van der Waals surface area contributed by atoms with E-state index in [1.807, 2.05) is 17.6 Å². The number of alkyl halides is 3. The number of carbonyl (C=O) groups is 1. The van der Waals surface area contributed by atoms with Crippen LogP contribution in [-0.2, 0) is 11.0 Å².